The number of nitro benzene ring substituents is 1. The Bertz CT molecular complexity index is 685. The van der Waals surface area contributed by atoms with Gasteiger partial charge in [0.2, 0.25) is 10.0 Å². The Hall–Kier alpha value is -2.33. The summed E-state index contributed by atoms with van der Waals surface area (Å²) >= 11 is 0. The van der Waals surface area contributed by atoms with Crippen molar-refractivity contribution in [3.05, 3.63) is 34.4 Å². The fraction of sp³-hybridized carbons (Fsp3) is 0.385. The van der Waals surface area contributed by atoms with Gasteiger partial charge in [0.1, 0.15) is 6.29 Å². The third-order valence-corrected chi connectivity index (χ3v) is 4.77. The number of carboxylic acids is 1. The third kappa shape index (κ3) is 4.83. The summed E-state index contributed by atoms with van der Waals surface area (Å²) in [4.78, 5) is 31.7. The largest absolute Gasteiger partial charge is 0.481 e. The zero-order valence-electron chi connectivity index (χ0n) is 12.2. The molecule has 0 saturated carbocycles. The van der Waals surface area contributed by atoms with Gasteiger partial charge in [-0.05, 0) is 18.6 Å². The highest BCUT2D eigenvalue weighted by Crippen LogP contribution is 2.17. The maximum atomic E-state index is 12.1. The second-order valence-corrected chi connectivity index (χ2v) is 6.52. The number of carbonyl (C=O) groups excluding carboxylic acids is 1. The summed E-state index contributed by atoms with van der Waals surface area (Å²) in [5, 5.41) is 19.6. The highest BCUT2D eigenvalue weighted by molar-refractivity contribution is 7.89. The first-order valence-corrected chi connectivity index (χ1v) is 8.13. The minimum atomic E-state index is -4.03. The summed E-state index contributed by atoms with van der Waals surface area (Å²) < 4.78 is 26.3. The van der Waals surface area contributed by atoms with E-state index in [-0.39, 0.29) is 17.0 Å². The molecular weight excluding hydrogens is 328 g/mol. The molecule has 0 unspecified atom stereocenters. The van der Waals surface area contributed by atoms with Crippen LogP contribution in [-0.2, 0) is 19.6 Å². The van der Waals surface area contributed by atoms with Crippen LogP contribution in [0.2, 0.25) is 0 Å². The van der Waals surface area contributed by atoms with E-state index in [2.05, 4.69) is 4.72 Å². The molecule has 0 spiro atoms. The fourth-order valence-corrected chi connectivity index (χ4v) is 2.99. The average Bonchev–Trinajstić information content (AvgIpc) is 2.51. The number of rotatable bonds is 9. The maximum Gasteiger partial charge on any atom is 0.308 e. The Morgan fingerprint density at radius 2 is 1.96 bits per heavy atom. The van der Waals surface area contributed by atoms with Crippen LogP contribution in [0.15, 0.2) is 29.2 Å². The fourth-order valence-electron chi connectivity index (χ4n) is 1.93. The van der Waals surface area contributed by atoms with Gasteiger partial charge in [0.15, 0.2) is 0 Å². The van der Waals surface area contributed by atoms with Crippen molar-refractivity contribution in [2.75, 3.05) is 6.54 Å². The van der Waals surface area contributed by atoms with E-state index >= 15 is 0 Å². The average molecular weight is 344 g/mol. The van der Waals surface area contributed by atoms with Gasteiger partial charge >= 0.3 is 5.97 Å². The van der Waals surface area contributed by atoms with Crippen molar-refractivity contribution >= 4 is 28.0 Å². The molecule has 2 N–H and O–H groups in total. The monoisotopic (exact) mass is 344 g/mol. The summed E-state index contributed by atoms with van der Waals surface area (Å²) in [7, 11) is -4.03. The molecule has 0 aromatic heterocycles. The molecule has 0 aliphatic heterocycles. The zero-order valence-corrected chi connectivity index (χ0v) is 13.0. The first-order chi connectivity index (χ1) is 10.7. The van der Waals surface area contributed by atoms with Gasteiger partial charge in [-0.25, -0.2) is 13.1 Å². The van der Waals surface area contributed by atoms with Crippen molar-refractivity contribution in [1.82, 2.24) is 4.72 Å². The smallest absolute Gasteiger partial charge is 0.308 e. The van der Waals surface area contributed by atoms with E-state index in [1.54, 1.807) is 6.92 Å². The predicted molar refractivity (Wildman–Crippen MR) is 79.3 cm³/mol. The molecule has 0 fully saturated rings. The minimum Gasteiger partial charge on any atom is -0.481 e. The highest BCUT2D eigenvalue weighted by atomic mass is 32.2. The number of aldehydes is 1. The van der Waals surface area contributed by atoms with Crippen LogP contribution < -0.4 is 4.72 Å². The van der Waals surface area contributed by atoms with Crippen molar-refractivity contribution < 1.29 is 28.0 Å². The Morgan fingerprint density at radius 3 is 2.35 bits per heavy atom. The van der Waals surface area contributed by atoms with Gasteiger partial charge < -0.3 is 9.90 Å². The molecule has 126 valence electrons. The number of nitrogens with one attached hydrogen (secondary N) is 1. The Morgan fingerprint density at radius 1 is 1.39 bits per heavy atom. The van der Waals surface area contributed by atoms with Crippen LogP contribution in [0.3, 0.4) is 0 Å². The molecule has 1 rings (SSSR count). The molecular formula is C13H16N2O7S. The van der Waals surface area contributed by atoms with Gasteiger partial charge in [-0.2, -0.15) is 0 Å². The second kappa shape index (κ2) is 7.79. The van der Waals surface area contributed by atoms with Gasteiger partial charge in [-0.3, -0.25) is 14.9 Å². The topological polar surface area (TPSA) is 144 Å². The molecule has 2 atom stereocenters. The van der Waals surface area contributed by atoms with E-state index in [4.69, 9.17) is 5.11 Å². The van der Waals surface area contributed by atoms with E-state index in [1.807, 2.05) is 0 Å². The molecule has 1 aromatic carbocycles. The van der Waals surface area contributed by atoms with Crippen LogP contribution in [-0.4, -0.2) is 37.2 Å². The Balaban J connectivity index is 2.90. The number of non-ortho nitro benzene ring substituents is 1. The van der Waals surface area contributed by atoms with Crippen LogP contribution in [0.4, 0.5) is 5.69 Å². The number of aliphatic carboxylic acids is 1. The molecule has 10 heteroatoms. The van der Waals surface area contributed by atoms with Crippen LogP contribution in [0.25, 0.3) is 0 Å². The lowest BCUT2D eigenvalue weighted by Gasteiger charge is -2.18. The second-order valence-electron chi connectivity index (χ2n) is 4.76. The summed E-state index contributed by atoms with van der Waals surface area (Å²) in [5.41, 5.74) is -0.264. The van der Waals surface area contributed by atoms with E-state index in [0.717, 1.165) is 24.3 Å². The van der Waals surface area contributed by atoms with Gasteiger partial charge in [0.25, 0.3) is 5.69 Å². The van der Waals surface area contributed by atoms with E-state index < -0.39 is 39.3 Å². The van der Waals surface area contributed by atoms with Crippen molar-refractivity contribution in [2.45, 2.75) is 18.2 Å². The first kappa shape index (κ1) is 18.7. The molecule has 0 aliphatic carbocycles. The molecule has 23 heavy (non-hydrogen) atoms. The SMILES string of the molecule is CC[C@H](C=O)[C@H](CNS(=O)(=O)c1ccc([N+](=O)[O-])cc1)C(=O)O. The van der Waals surface area contributed by atoms with Crippen LogP contribution in [0.1, 0.15) is 13.3 Å². The molecule has 0 amide bonds. The Kier molecular flexibility index (Phi) is 6.34. The molecule has 0 radical (unpaired) electrons. The predicted octanol–water partition coefficient (Wildman–Crippen LogP) is 0.799. The van der Waals surface area contributed by atoms with E-state index in [9.17, 15) is 28.1 Å². The summed E-state index contributed by atoms with van der Waals surface area (Å²) in [6.07, 6.45) is 0.749. The normalized spacial score (nSPS) is 14.0. The van der Waals surface area contributed by atoms with Crippen LogP contribution in [0.5, 0.6) is 0 Å². The van der Waals surface area contributed by atoms with Crippen LogP contribution in [0, 0.1) is 22.0 Å². The number of benzene rings is 1. The molecule has 0 saturated heterocycles. The number of hydrogen-bond donors (Lipinski definition) is 2. The quantitative estimate of drug-likeness (QED) is 0.383. The van der Waals surface area contributed by atoms with E-state index in [1.165, 1.54) is 0 Å². The molecule has 1 aromatic rings. The number of carbonyl (C=O) groups is 2. The van der Waals surface area contributed by atoms with Gasteiger partial charge in [-0.1, -0.05) is 6.92 Å². The number of carboxylic acid groups (broad SMARTS) is 1. The minimum absolute atomic E-state index is 0.230. The highest BCUT2D eigenvalue weighted by Gasteiger charge is 2.28. The lowest BCUT2D eigenvalue weighted by molar-refractivity contribution is -0.384. The number of nitrogens with zero attached hydrogens (tertiary/aromatic N) is 1. The number of hydrogen-bond acceptors (Lipinski definition) is 6. The zero-order chi connectivity index (χ0) is 17.6. The van der Waals surface area contributed by atoms with Gasteiger partial charge in [0, 0.05) is 24.6 Å². The molecule has 0 aliphatic rings. The lowest BCUT2D eigenvalue weighted by atomic mass is 9.91. The lowest BCUT2D eigenvalue weighted by Crippen LogP contribution is -2.37. The summed E-state index contributed by atoms with van der Waals surface area (Å²) in [5.74, 6) is -3.28. The first-order valence-electron chi connectivity index (χ1n) is 6.65. The van der Waals surface area contributed by atoms with Crippen molar-refractivity contribution in [1.29, 1.82) is 0 Å². The standard InChI is InChI=1S/C13H16N2O7S/c1-2-9(8-16)12(13(17)18)7-14-23(21,22)11-5-3-10(4-6-11)15(19)20/h3-6,8-9,12,14H,2,7H2,1H3,(H,17,18)/t9-,12+/m1/s1. The van der Waals surface area contributed by atoms with Gasteiger partial charge in [-0.15, -0.1) is 0 Å². The third-order valence-electron chi connectivity index (χ3n) is 3.33. The summed E-state index contributed by atoms with van der Waals surface area (Å²) in [6, 6.07) is 4.16. The number of nitro groups is 1. The van der Waals surface area contributed by atoms with Gasteiger partial charge in [0.05, 0.1) is 15.7 Å². The summed E-state index contributed by atoms with van der Waals surface area (Å²) in [6.45, 7) is 1.17. The van der Waals surface area contributed by atoms with Crippen molar-refractivity contribution in [3.63, 3.8) is 0 Å². The van der Waals surface area contributed by atoms with Crippen molar-refractivity contribution in [2.24, 2.45) is 11.8 Å². The Labute approximate surface area is 132 Å². The van der Waals surface area contributed by atoms with E-state index in [0.29, 0.717) is 6.29 Å². The molecule has 0 bridgehead atoms. The van der Waals surface area contributed by atoms with Crippen molar-refractivity contribution in [3.8, 4) is 0 Å². The molecule has 0 heterocycles. The maximum absolute atomic E-state index is 12.1. The number of sulfonamides is 1. The van der Waals surface area contributed by atoms with Crippen LogP contribution >= 0.6 is 0 Å². The molecule has 9 nitrogen and oxygen atoms in total.